The number of hydrogen-bond acceptors (Lipinski definition) is 15. The summed E-state index contributed by atoms with van der Waals surface area (Å²) in [6.45, 7) is 11.9. The van der Waals surface area contributed by atoms with Crippen LogP contribution in [0.15, 0.2) is 0 Å². The van der Waals surface area contributed by atoms with Gasteiger partial charge in [0.25, 0.3) is 0 Å². The molecule has 0 aliphatic carbocycles. The summed E-state index contributed by atoms with van der Waals surface area (Å²) in [6.07, 6.45) is 56.8. The molecule has 19 heteroatoms. The van der Waals surface area contributed by atoms with Crippen LogP contribution in [0.1, 0.15) is 408 Å². The SMILES string of the molecule is CCCCCCCCCCCCCCCCCCCCC(=O)O[C@H](COC(=O)CCCCCCCCCCCCCCCC(C)C)COP(=O)(O)OC[C@@H](O)COP(=O)(O)OC[C@@H](COC(=O)CCCCCCCCCCC(C)CC)OC(=O)CCCCCCCCCCC(C)CC. The van der Waals surface area contributed by atoms with E-state index in [9.17, 15) is 43.2 Å². The van der Waals surface area contributed by atoms with Crippen LogP contribution in [0.4, 0.5) is 0 Å². The van der Waals surface area contributed by atoms with Crippen LogP contribution in [0, 0.1) is 17.8 Å². The molecular formula is C79H154O17P2. The summed E-state index contributed by atoms with van der Waals surface area (Å²) in [5.74, 6) is 0.223. The molecule has 17 nitrogen and oxygen atoms in total. The molecule has 0 aliphatic rings. The van der Waals surface area contributed by atoms with Gasteiger partial charge in [-0.1, -0.05) is 357 Å². The Hall–Kier alpha value is -1.94. The van der Waals surface area contributed by atoms with E-state index in [-0.39, 0.29) is 25.7 Å². The maximum atomic E-state index is 13.1. The van der Waals surface area contributed by atoms with Gasteiger partial charge >= 0.3 is 39.5 Å². The van der Waals surface area contributed by atoms with E-state index in [1.807, 2.05) is 0 Å². The first-order valence-electron chi connectivity index (χ1n) is 40.9. The lowest BCUT2D eigenvalue weighted by Gasteiger charge is -2.21. The number of carbonyl (C=O) groups is 4. The van der Waals surface area contributed by atoms with Crippen molar-refractivity contribution in [1.82, 2.24) is 0 Å². The van der Waals surface area contributed by atoms with Crippen molar-refractivity contribution in [1.29, 1.82) is 0 Å². The van der Waals surface area contributed by atoms with E-state index < -0.39 is 97.5 Å². The first-order chi connectivity index (χ1) is 47.3. The molecule has 0 amide bonds. The van der Waals surface area contributed by atoms with Crippen LogP contribution in [0.2, 0.25) is 0 Å². The lowest BCUT2D eigenvalue weighted by molar-refractivity contribution is -0.161. The minimum absolute atomic E-state index is 0.105. The fourth-order valence-corrected chi connectivity index (χ4v) is 13.6. The van der Waals surface area contributed by atoms with Crippen molar-refractivity contribution < 1.29 is 80.2 Å². The Morgan fingerprint density at radius 3 is 0.776 bits per heavy atom. The number of phosphoric ester groups is 2. The van der Waals surface area contributed by atoms with Gasteiger partial charge in [-0.15, -0.1) is 0 Å². The van der Waals surface area contributed by atoms with Gasteiger partial charge in [-0.3, -0.25) is 37.3 Å². The molecule has 0 aromatic heterocycles. The molecule has 582 valence electrons. The van der Waals surface area contributed by atoms with Crippen LogP contribution in [0.25, 0.3) is 0 Å². The average molecular weight is 1440 g/mol. The van der Waals surface area contributed by atoms with Crippen LogP contribution in [-0.2, 0) is 65.4 Å². The Morgan fingerprint density at radius 2 is 0.520 bits per heavy atom. The van der Waals surface area contributed by atoms with Crippen LogP contribution in [0.3, 0.4) is 0 Å². The Labute approximate surface area is 600 Å². The standard InChI is InChI=1S/C79H154O17P2/c1-8-11-12-13-14-15-16-17-18-19-20-21-24-28-31-41-48-55-62-78(83)95-74(66-89-76(81)60-53-46-39-30-27-25-22-23-26-29-36-43-50-57-70(4)5)68-93-97(85,86)91-64-73(80)65-92-98(87,88)94-69-75(96-79(84)63-56-49-42-35-33-38-45-52-59-72(7)10-3)67-90-77(82)61-54-47-40-34-32-37-44-51-58-71(6)9-2/h70-75,80H,8-69H2,1-7H3,(H,85,86)(H,87,88)/t71?,72?,73-,74-,75-/m1/s1. The highest BCUT2D eigenvalue weighted by Gasteiger charge is 2.30. The summed E-state index contributed by atoms with van der Waals surface area (Å²) in [5.41, 5.74) is 0. The molecule has 0 aromatic carbocycles. The van der Waals surface area contributed by atoms with Gasteiger partial charge in [0.15, 0.2) is 12.2 Å². The zero-order valence-electron chi connectivity index (χ0n) is 64.3. The van der Waals surface area contributed by atoms with Crippen LogP contribution < -0.4 is 0 Å². The van der Waals surface area contributed by atoms with Crippen molar-refractivity contribution in [2.24, 2.45) is 17.8 Å². The highest BCUT2D eigenvalue weighted by molar-refractivity contribution is 7.47. The van der Waals surface area contributed by atoms with Gasteiger partial charge in [-0.2, -0.15) is 0 Å². The number of phosphoric acid groups is 2. The summed E-state index contributed by atoms with van der Waals surface area (Å²) < 4.78 is 68.7. The first-order valence-corrected chi connectivity index (χ1v) is 43.9. The number of unbranched alkanes of at least 4 members (excludes halogenated alkanes) is 43. The van der Waals surface area contributed by atoms with Gasteiger partial charge < -0.3 is 33.8 Å². The van der Waals surface area contributed by atoms with E-state index in [1.54, 1.807) is 0 Å². The van der Waals surface area contributed by atoms with Crippen molar-refractivity contribution >= 4 is 39.5 Å². The van der Waals surface area contributed by atoms with Crippen LogP contribution in [-0.4, -0.2) is 96.7 Å². The molecule has 0 saturated carbocycles. The molecule has 7 atom stereocenters. The summed E-state index contributed by atoms with van der Waals surface area (Å²) >= 11 is 0. The zero-order valence-corrected chi connectivity index (χ0v) is 66.0. The molecule has 0 fully saturated rings. The van der Waals surface area contributed by atoms with Crippen LogP contribution in [0.5, 0.6) is 0 Å². The molecule has 98 heavy (non-hydrogen) atoms. The van der Waals surface area contributed by atoms with Crippen molar-refractivity contribution in [2.45, 2.75) is 426 Å². The first kappa shape index (κ1) is 96.1. The molecule has 0 radical (unpaired) electrons. The van der Waals surface area contributed by atoms with E-state index in [1.165, 1.54) is 218 Å². The van der Waals surface area contributed by atoms with E-state index in [2.05, 4.69) is 48.5 Å². The molecule has 3 N–H and O–H groups in total. The summed E-state index contributed by atoms with van der Waals surface area (Å²) in [4.78, 5) is 73.0. The minimum Gasteiger partial charge on any atom is -0.462 e. The Kier molecular flexibility index (Phi) is 68.1. The summed E-state index contributed by atoms with van der Waals surface area (Å²) in [6, 6.07) is 0. The molecule has 0 heterocycles. The Bertz CT molecular complexity index is 1910. The molecule has 0 aliphatic heterocycles. The van der Waals surface area contributed by atoms with Gasteiger partial charge in [-0.05, 0) is 43.4 Å². The van der Waals surface area contributed by atoms with Gasteiger partial charge in [0.1, 0.15) is 19.3 Å². The maximum Gasteiger partial charge on any atom is 0.472 e. The number of ether oxygens (including phenoxy) is 4. The van der Waals surface area contributed by atoms with E-state index in [4.69, 9.17) is 37.0 Å². The number of aliphatic hydroxyl groups excluding tert-OH is 1. The zero-order chi connectivity index (χ0) is 72.3. The maximum absolute atomic E-state index is 13.1. The highest BCUT2D eigenvalue weighted by atomic mass is 31.2. The molecular weight excluding hydrogens is 1280 g/mol. The van der Waals surface area contributed by atoms with Gasteiger partial charge in [-0.25, -0.2) is 9.13 Å². The number of aliphatic hydroxyl groups is 1. The normalized spacial score (nSPS) is 14.6. The number of esters is 4. The minimum atomic E-state index is -4.96. The fraction of sp³-hybridized carbons (Fsp3) is 0.949. The monoisotopic (exact) mass is 1440 g/mol. The Balaban J connectivity index is 5.26. The molecule has 0 bridgehead atoms. The third kappa shape index (κ3) is 69.8. The fourth-order valence-electron chi connectivity index (χ4n) is 12.1. The van der Waals surface area contributed by atoms with Gasteiger partial charge in [0, 0.05) is 25.7 Å². The molecule has 0 saturated heterocycles. The number of carbonyl (C=O) groups excluding carboxylic acids is 4. The van der Waals surface area contributed by atoms with Gasteiger partial charge in [0.05, 0.1) is 26.4 Å². The largest absolute Gasteiger partial charge is 0.472 e. The second kappa shape index (κ2) is 69.4. The lowest BCUT2D eigenvalue weighted by Crippen LogP contribution is -2.30. The summed E-state index contributed by atoms with van der Waals surface area (Å²) in [5, 5.41) is 10.6. The highest BCUT2D eigenvalue weighted by Crippen LogP contribution is 2.45. The van der Waals surface area contributed by atoms with E-state index >= 15 is 0 Å². The lowest BCUT2D eigenvalue weighted by atomic mass is 9.99. The number of hydrogen-bond donors (Lipinski definition) is 3. The van der Waals surface area contributed by atoms with Crippen molar-refractivity contribution in [3.63, 3.8) is 0 Å². The smallest absolute Gasteiger partial charge is 0.462 e. The van der Waals surface area contributed by atoms with Gasteiger partial charge in [0.2, 0.25) is 0 Å². The molecule has 0 aromatic rings. The average Bonchev–Trinajstić information content (AvgIpc) is 0.968. The quantitative estimate of drug-likeness (QED) is 0.0222. The predicted molar refractivity (Wildman–Crippen MR) is 400 cm³/mol. The second-order valence-electron chi connectivity index (χ2n) is 29.4. The van der Waals surface area contributed by atoms with E-state index in [0.717, 1.165) is 108 Å². The molecule has 0 rings (SSSR count). The number of rotatable bonds is 77. The summed E-state index contributed by atoms with van der Waals surface area (Å²) in [7, 11) is -9.92. The predicted octanol–water partition coefficient (Wildman–Crippen LogP) is 23.4. The second-order valence-corrected chi connectivity index (χ2v) is 32.3. The van der Waals surface area contributed by atoms with Crippen molar-refractivity contribution in [2.75, 3.05) is 39.6 Å². The van der Waals surface area contributed by atoms with Crippen molar-refractivity contribution in [3.05, 3.63) is 0 Å². The third-order valence-corrected chi connectivity index (χ3v) is 21.0. The molecule has 0 spiro atoms. The Morgan fingerprint density at radius 1 is 0.296 bits per heavy atom. The van der Waals surface area contributed by atoms with Crippen LogP contribution >= 0.6 is 15.6 Å². The topological polar surface area (TPSA) is 237 Å². The molecule has 4 unspecified atom stereocenters. The van der Waals surface area contributed by atoms with E-state index in [0.29, 0.717) is 25.7 Å². The third-order valence-electron chi connectivity index (χ3n) is 19.1. The van der Waals surface area contributed by atoms with Crippen molar-refractivity contribution in [3.8, 4) is 0 Å².